The zero-order valence-electron chi connectivity index (χ0n) is 16.1. The standard InChI is InChI=1S/C21H31N3O2/c1-21(2)13-17-12-16(6-7-19(17)26-21)14-22-20(25)24-11-8-18(15-24)23-9-4-3-5-10-23/h6-7,12,18H,3-5,8-11,13-15H2,1-2H3,(H,22,25)/t18-/m1/s1. The van der Waals surface area contributed by atoms with Crippen LogP contribution in [0.1, 0.15) is 50.7 Å². The van der Waals surface area contributed by atoms with E-state index in [4.69, 9.17) is 4.74 Å². The molecule has 0 saturated carbocycles. The molecule has 0 spiro atoms. The molecule has 0 aromatic heterocycles. The van der Waals surface area contributed by atoms with Gasteiger partial charge in [0.15, 0.2) is 0 Å². The molecule has 2 amide bonds. The summed E-state index contributed by atoms with van der Waals surface area (Å²) >= 11 is 0. The number of rotatable bonds is 3. The molecule has 142 valence electrons. The number of piperidine rings is 1. The summed E-state index contributed by atoms with van der Waals surface area (Å²) in [5.41, 5.74) is 2.27. The van der Waals surface area contributed by atoms with Gasteiger partial charge in [-0.3, -0.25) is 4.90 Å². The van der Waals surface area contributed by atoms with Gasteiger partial charge in [-0.2, -0.15) is 0 Å². The van der Waals surface area contributed by atoms with Crippen molar-refractivity contribution in [2.75, 3.05) is 26.2 Å². The Bertz CT molecular complexity index is 667. The van der Waals surface area contributed by atoms with Gasteiger partial charge in [-0.15, -0.1) is 0 Å². The molecule has 0 aliphatic carbocycles. The predicted molar refractivity (Wildman–Crippen MR) is 102 cm³/mol. The van der Waals surface area contributed by atoms with Crippen LogP contribution >= 0.6 is 0 Å². The number of ether oxygens (including phenoxy) is 1. The van der Waals surface area contributed by atoms with Crippen LogP contribution in [0.5, 0.6) is 5.75 Å². The first-order valence-corrected chi connectivity index (χ1v) is 10.1. The van der Waals surface area contributed by atoms with Crippen LogP contribution in [-0.4, -0.2) is 53.7 Å². The number of hydrogen-bond acceptors (Lipinski definition) is 3. The molecule has 5 heteroatoms. The second kappa shape index (κ2) is 7.10. The molecule has 2 saturated heterocycles. The van der Waals surface area contributed by atoms with Crippen LogP contribution in [0.25, 0.3) is 0 Å². The van der Waals surface area contributed by atoms with Crippen LogP contribution in [0.4, 0.5) is 4.79 Å². The lowest BCUT2D eigenvalue weighted by Crippen LogP contribution is -2.43. The Kier molecular flexibility index (Phi) is 4.82. The van der Waals surface area contributed by atoms with Crippen molar-refractivity contribution < 1.29 is 9.53 Å². The number of carbonyl (C=O) groups excluding carboxylic acids is 1. The van der Waals surface area contributed by atoms with Crippen LogP contribution in [0.15, 0.2) is 18.2 Å². The van der Waals surface area contributed by atoms with Gasteiger partial charge in [0.1, 0.15) is 11.4 Å². The number of nitrogens with one attached hydrogen (secondary N) is 1. The molecule has 0 radical (unpaired) electrons. The molecular formula is C21H31N3O2. The van der Waals surface area contributed by atoms with Gasteiger partial charge >= 0.3 is 6.03 Å². The van der Waals surface area contributed by atoms with Crippen molar-refractivity contribution in [1.82, 2.24) is 15.1 Å². The van der Waals surface area contributed by atoms with Gasteiger partial charge in [-0.05, 0) is 63.4 Å². The van der Waals surface area contributed by atoms with Crippen LogP contribution in [0, 0.1) is 0 Å². The minimum absolute atomic E-state index is 0.0709. The highest BCUT2D eigenvalue weighted by atomic mass is 16.5. The van der Waals surface area contributed by atoms with Crippen molar-refractivity contribution in [2.45, 2.75) is 64.1 Å². The highest BCUT2D eigenvalue weighted by Crippen LogP contribution is 2.35. The van der Waals surface area contributed by atoms with Crippen molar-refractivity contribution in [3.63, 3.8) is 0 Å². The molecule has 0 unspecified atom stereocenters. The van der Waals surface area contributed by atoms with Gasteiger partial charge in [-0.25, -0.2) is 4.79 Å². The highest BCUT2D eigenvalue weighted by molar-refractivity contribution is 5.74. The average Bonchev–Trinajstić information content (AvgIpc) is 3.23. The molecule has 3 aliphatic heterocycles. The number of amides is 2. The van der Waals surface area contributed by atoms with E-state index < -0.39 is 0 Å². The van der Waals surface area contributed by atoms with Gasteiger partial charge in [0.25, 0.3) is 0 Å². The third-order valence-electron chi connectivity index (χ3n) is 5.93. The largest absolute Gasteiger partial charge is 0.487 e. The van der Waals surface area contributed by atoms with E-state index in [9.17, 15) is 4.79 Å². The van der Waals surface area contributed by atoms with Crippen molar-refractivity contribution >= 4 is 6.03 Å². The molecule has 1 atom stereocenters. The number of benzene rings is 1. The third-order valence-corrected chi connectivity index (χ3v) is 5.93. The van der Waals surface area contributed by atoms with Crippen molar-refractivity contribution in [3.8, 4) is 5.75 Å². The van der Waals surface area contributed by atoms with Crippen molar-refractivity contribution in [3.05, 3.63) is 29.3 Å². The Morgan fingerprint density at radius 2 is 2.04 bits per heavy atom. The molecule has 2 fully saturated rings. The first kappa shape index (κ1) is 17.7. The van der Waals surface area contributed by atoms with E-state index in [0.29, 0.717) is 12.6 Å². The summed E-state index contributed by atoms with van der Waals surface area (Å²) in [7, 11) is 0. The smallest absolute Gasteiger partial charge is 0.317 e. The first-order valence-electron chi connectivity index (χ1n) is 10.1. The lowest BCUT2D eigenvalue weighted by Gasteiger charge is -2.32. The zero-order chi connectivity index (χ0) is 18.1. The van der Waals surface area contributed by atoms with E-state index in [1.165, 1.54) is 37.9 Å². The maximum Gasteiger partial charge on any atom is 0.317 e. The minimum atomic E-state index is -0.122. The fourth-order valence-corrected chi connectivity index (χ4v) is 4.57. The Hall–Kier alpha value is -1.75. The molecule has 3 aliphatic rings. The number of fused-ring (bicyclic) bond motifs is 1. The number of likely N-dealkylation sites (tertiary alicyclic amines) is 2. The molecule has 3 heterocycles. The zero-order valence-corrected chi connectivity index (χ0v) is 16.1. The van der Waals surface area contributed by atoms with Gasteiger partial charge in [-0.1, -0.05) is 18.6 Å². The van der Waals surface area contributed by atoms with E-state index in [-0.39, 0.29) is 11.6 Å². The minimum Gasteiger partial charge on any atom is -0.487 e. The molecule has 1 aromatic rings. The summed E-state index contributed by atoms with van der Waals surface area (Å²) in [6.07, 6.45) is 6.01. The van der Waals surface area contributed by atoms with Crippen LogP contribution in [-0.2, 0) is 13.0 Å². The summed E-state index contributed by atoms with van der Waals surface area (Å²) in [4.78, 5) is 17.1. The predicted octanol–water partition coefficient (Wildman–Crippen LogP) is 3.17. The Morgan fingerprint density at radius 3 is 2.85 bits per heavy atom. The van der Waals surface area contributed by atoms with Crippen LogP contribution in [0.2, 0.25) is 0 Å². The summed E-state index contributed by atoms with van der Waals surface area (Å²) in [6, 6.07) is 6.89. The highest BCUT2D eigenvalue weighted by Gasteiger charge is 2.31. The fraction of sp³-hybridized carbons (Fsp3) is 0.667. The van der Waals surface area contributed by atoms with E-state index in [2.05, 4.69) is 36.2 Å². The van der Waals surface area contributed by atoms with Gasteiger partial charge in [0.2, 0.25) is 0 Å². The van der Waals surface area contributed by atoms with Gasteiger partial charge < -0.3 is 15.0 Å². The molecule has 26 heavy (non-hydrogen) atoms. The van der Waals surface area contributed by atoms with Crippen molar-refractivity contribution in [1.29, 1.82) is 0 Å². The van der Waals surface area contributed by atoms with Crippen LogP contribution in [0.3, 0.4) is 0 Å². The van der Waals surface area contributed by atoms with E-state index >= 15 is 0 Å². The van der Waals surface area contributed by atoms with E-state index in [0.717, 1.165) is 37.2 Å². The molecule has 1 aromatic carbocycles. The molecule has 4 rings (SSSR count). The Balaban J connectivity index is 1.28. The number of carbonyl (C=O) groups is 1. The number of urea groups is 1. The van der Waals surface area contributed by atoms with Gasteiger partial charge in [0.05, 0.1) is 0 Å². The second-order valence-electron chi connectivity index (χ2n) is 8.62. The normalized spacial score (nSPS) is 25.0. The second-order valence-corrected chi connectivity index (χ2v) is 8.62. The van der Waals surface area contributed by atoms with Crippen LogP contribution < -0.4 is 10.1 Å². The van der Waals surface area contributed by atoms with Gasteiger partial charge in [0, 0.05) is 32.1 Å². The molecule has 0 bridgehead atoms. The van der Waals surface area contributed by atoms with E-state index in [1.807, 2.05) is 11.0 Å². The topological polar surface area (TPSA) is 44.8 Å². The number of hydrogen-bond donors (Lipinski definition) is 1. The maximum absolute atomic E-state index is 12.6. The lowest BCUT2D eigenvalue weighted by molar-refractivity contribution is 0.138. The summed E-state index contributed by atoms with van der Waals surface area (Å²) in [5, 5.41) is 3.10. The molecular weight excluding hydrogens is 326 g/mol. The van der Waals surface area contributed by atoms with Crippen molar-refractivity contribution in [2.24, 2.45) is 0 Å². The van der Waals surface area contributed by atoms with E-state index in [1.54, 1.807) is 0 Å². The SMILES string of the molecule is CC1(C)Cc2cc(CNC(=O)N3CC[C@@H](N4CCCCC4)C3)ccc2O1. The first-order chi connectivity index (χ1) is 12.5. The Labute approximate surface area is 156 Å². The summed E-state index contributed by atoms with van der Waals surface area (Å²) in [5.74, 6) is 0.981. The fourth-order valence-electron chi connectivity index (χ4n) is 4.57. The summed E-state index contributed by atoms with van der Waals surface area (Å²) < 4.78 is 5.93. The maximum atomic E-state index is 12.6. The average molecular weight is 357 g/mol. The lowest BCUT2D eigenvalue weighted by atomic mass is 10.0. The molecule has 5 nitrogen and oxygen atoms in total. The Morgan fingerprint density at radius 1 is 1.23 bits per heavy atom. The number of nitrogens with zero attached hydrogens (tertiary/aromatic N) is 2. The quantitative estimate of drug-likeness (QED) is 0.904. The monoisotopic (exact) mass is 357 g/mol. The third kappa shape index (κ3) is 3.83. The molecule has 1 N–H and O–H groups in total. The summed E-state index contributed by atoms with van der Waals surface area (Å²) in [6.45, 7) is 8.96.